The molecule has 2 unspecified atom stereocenters. The summed E-state index contributed by atoms with van der Waals surface area (Å²) in [6.45, 7) is 1.98. The number of hydrogen-bond acceptors (Lipinski definition) is 3. The van der Waals surface area contributed by atoms with Gasteiger partial charge in [-0.15, -0.1) is 0 Å². The normalized spacial score (nSPS) is 22.7. The van der Waals surface area contributed by atoms with Gasteiger partial charge in [-0.25, -0.2) is 4.99 Å². The van der Waals surface area contributed by atoms with Crippen LogP contribution in [0.15, 0.2) is 65.7 Å². The van der Waals surface area contributed by atoms with E-state index in [1.165, 1.54) is 24.0 Å². The smallest absolute Gasteiger partial charge is 0.243 e. The van der Waals surface area contributed by atoms with Crippen LogP contribution in [0.4, 0.5) is 0 Å². The number of amides is 1. The van der Waals surface area contributed by atoms with Crippen LogP contribution >= 0.6 is 0 Å². The zero-order chi connectivity index (χ0) is 23.0. The number of fused-ring (bicyclic) bond motifs is 2. The first-order valence-corrected chi connectivity index (χ1v) is 12.2. The second-order valence-electron chi connectivity index (χ2n) is 9.47. The molecule has 0 radical (unpaired) electrons. The summed E-state index contributed by atoms with van der Waals surface area (Å²) >= 11 is 0. The molecule has 2 aliphatic heterocycles. The summed E-state index contributed by atoms with van der Waals surface area (Å²) < 4.78 is 0. The van der Waals surface area contributed by atoms with Gasteiger partial charge in [0.25, 0.3) is 0 Å². The van der Waals surface area contributed by atoms with E-state index in [0.717, 1.165) is 38.3 Å². The standard InChI is InChI=1S/C27H37N5O/c1-31(2)26(33)19-29-27(28-16-15-21-9-5-3-6-10-21)30-23-17-24-13-14-25(18-23)32(24)20-22-11-7-4-8-12-22/h3-12,23-25H,13-20H2,1-2H3,(H2,28,29,30). The Labute approximate surface area is 198 Å². The molecule has 2 saturated heterocycles. The van der Waals surface area contributed by atoms with Crippen LogP contribution < -0.4 is 10.6 Å². The minimum Gasteiger partial charge on any atom is -0.356 e. The summed E-state index contributed by atoms with van der Waals surface area (Å²) in [5.41, 5.74) is 2.69. The van der Waals surface area contributed by atoms with Crippen LogP contribution in [0, 0.1) is 0 Å². The van der Waals surface area contributed by atoms with Gasteiger partial charge in [-0.1, -0.05) is 60.7 Å². The summed E-state index contributed by atoms with van der Waals surface area (Å²) in [5.74, 6) is 0.763. The van der Waals surface area contributed by atoms with Crippen molar-refractivity contribution >= 4 is 11.9 Å². The van der Waals surface area contributed by atoms with Crippen LogP contribution in [0.3, 0.4) is 0 Å². The molecule has 2 atom stereocenters. The van der Waals surface area contributed by atoms with Crippen molar-refractivity contribution < 1.29 is 4.79 Å². The third kappa shape index (κ3) is 6.57. The van der Waals surface area contributed by atoms with Crippen molar-refractivity contribution in [1.29, 1.82) is 0 Å². The summed E-state index contributed by atoms with van der Waals surface area (Å²) in [6, 6.07) is 22.8. The minimum atomic E-state index is 0.0110. The van der Waals surface area contributed by atoms with E-state index >= 15 is 0 Å². The topological polar surface area (TPSA) is 60.0 Å². The Morgan fingerprint density at radius 3 is 2.18 bits per heavy atom. The molecule has 0 spiro atoms. The number of nitrogens with one attached hydrogen (secondary N) is 2. The molecule has 1 amide bonds. The summed E-state index contributed by atoms with van der Waals surface area (Å²) in [5, 5.41) is 7.13. The lowest BCUT2D eigenvalue weighted by atomic mass is 9.96. The van der Waals surface area contributed by atoms with E-state index in [2.05, 4.69) is 75.1 Å². The molecule has 0 aromatic heterocycles. The van der Waals surface area contributed by atoms with Gasteiger partial charge in [-0.05, 0) is 43.2 Å². The summed E-state index contributed by atoms with van der Waals surface area (Å²) in [6.07, 6.45) is 5.68. The molecule has 2 heterocycles. The highest BCUT2D eigenvalue weighted by atomic mass is 16.2. The Bertz CT molecular complexity index is 901. The van der Waals surface area contributed by atoms with E-state index in [4.69, 9.17) is 0 Å². The Morgan fingerprint density at radius 1 is 0.970 bits per heavy atom. The van der Waals surface area contributed by atoms with Crippen molar-refractivity contribution in [3.63, 3.8) is 0 Å². The number of benzene rings is 2. The lowest BCUT2D eigenvalue weighted by molar-refractivity contribution is -0.127. The molecule has 176 valence electrons. The Morgan fingerprint density at radius 2 is 1.58 bits per heavy atom. The average molecular weight is 448 g/mol. The van der Waals surface area contributed by atoms with Crippen molar-refractivity contribution in [3.8, 4) is 0 Å². The molecule has 2 bridgehead atoms. The number of nitrogens with zero attached hydrogens (tertiary/aromatic N) is 3. The molecule has 6 nitrogen and oxygen atoms in total. The SMILES string of the molecule is CN(C)C(=O)CN=C(NCCc1ccccc1)NC1CC2CCC(C1)N2Cc1ccccc1. The lowest BCUT2D eigenvalue weighted by Gasteiger charge is -2.39. The first-order valence-electron chi connectivity index (χ1n) is 12.2. The highest BCUT2D eigenvalue weighted by molar-refractivity contribution is 5.85. The van der Waals surface area contributed by atoms with Crippen LogP contribution in [0.25, 0.3) is 0 Å². The van der Waals surface area contributed by atoms with E-state index in [1.807, 2.05) is 6.07 Å². The second kappa shape index (κ2) is 11.3. The van der Waals surface area contributed by atoms with Crippen LogP contribution in [0.2, 0.25) is 0 Å². The third-order valence-corrected chi connectivity index (χ3v) is 6.85. The fourth-order valence-electron chi connectivity index (χ4n) is 5.05. The molecule has 2 aliphatic rings. The lowest BCUT2D eigenvalue weighted by Crippen LogP contribution is -2.52. The van der Waals surface area contributed by atoms with Gasteiger partial charge < -0.3 is 15.5 Å². The Hall–Kier alpha value is -2.86. The molecule has 2 fully saturated rings. The van der Waals surface area contributed by atoms with Crippen LogP contribution in [0.5, 0.6) is 0 Å². The van der Waals surface area contributed by atoms with Gasteiger partial charge in [-0.2, -0.15) is 0 Å². The Balaban J connectivity index is 1.35. The molecule has 0 aliphatic carbocycles. The summed E-state index contributed by atoms with van der Waals surface area (Å²) in [7, 11) is 3.54. The number of carbonyl (C=O) groups excluding carboxylic acids is 1. The van der Waals surface area contributed by atoms with Gasteiger partial charge in [0.05, 0.1) is 0 Å². The number of guanidine groups is 1. The fourth-order valence-corrected chi connectivity index (χ4v) is 5.05. The number of piperidine rings is 1. The fraction of sp³-hybridized carbons (Fsp3) is 0.481. The van der Waals surface area contributed by atoms with Crippen molar-refractivity contribution in [3.05, 3.63) is 71.8 Å². The van der Waals surface area contributed by atoms with Crippen molar-refractivity contribution in [2.45, 2.75) is 56.8 Å². The monoisotopic (exact) mass is 447 g/mol. The molecular formula is C27H37N5O. The van der Waals surface area contributed by atoms with E-state index < -0.39 is 0 Å². The van der Waals surface area contributed by atoms with E-state index in [0.29, 0.717) is 18.1 Å². The van der Waals surface area contributed by atoms with Gasteiger partial charge in [0.2, 0.25) is 5.91 Å². The van der Waals surface area contributed by atoms with E-state index in [-0.39, 0.29) is 12.5 Å². The Kier molecular flexibility index (Phi) is 8.00. The quantitative estimate of drug-likeness (QED) is 0.482. The van der Waals surface area contributed by atoms with E-state index in [9.17, 15) is 4.79 Å². The van der Waals surface area contributed by atoms with Crippen molar-refractivity contribution in [2.75, 3.05) is 27.2 Å². The third-order valence-electron chi connectivity index (χ3n) is 6.85. The van der Waals surface area contributed by atoms with Crippen molar-refractivity contribution in [1.82, 2.24) is 20.4 Å². The highest BCUT2D eigenvalue weighted by Gasteiger charge is 2.40. The van der Waals surface area contributed by atoms with Gasteiger partial charge in [-0.3, -0.25) is 9.69 Å². The van der Waals surface area contributed by atoms with Crippen LogP contribution in [-0.4, -0.2) is 67.0 Å². The highest BCUT2D eigenvalue weighted by Crippen LogP contribution is 2.36. The molecular weight excluding hydrogens is 410 g/mol. The maximum Gasteiger partial charge on any atom is 0.243 e. The van der Waals surface area contributed by atoms with Gasteiger partial charge >= 0.3 is 0 Å². The first-order chi connectivity index (χ1) is 16.1. The van der Waals surface area contributed by atoms with Crippen LogP contribution in [0.1, 0.15) is 36.8 Å². The maximum atomic E-state index is 12.1. The number of aliphatic imine (C=N–C) groups is 1. The van der Waals surface area contributed by atoms with Crippen molar-refractivity contribution in [2.24, 2.45) is 4.99 Å². The first kappa shape index (κ1) is 23.3. The molecule has 4 rings (SSSR count). The molecule has 2 N–H and O–H groups in total. The zero-order valence-electron chi connectivity index (χ0n) is 19.9. The number of likely N-dealkylation sites (N-methyl/N-ethyl adjacent to an activating group) is 1. The average Bonchev–Trinajstić information content (AvgIpc) is 3.05. The number of hydrogen-bond donors (Lipinski definition) is 2. The molecule has 6 heteroatoms. The van der Waals surface area contributed by atoms with Gasteiger partial charge in [0.1, 0.15) is 6.54 Å². The molecule has 2 aromatic carbocycles. The largest absolute Gasteiger partial charge is 0.356 e. The van der Waals surface area contributed by atoms with Crippen LogP contribution in [-0.2, 0) is 17.8 Å². The molecule has 33 heavy (non-hydrogen) atoms. The minimum absolute atomic E-state index is 0.0110. The second-order valence-corrected chi connectivity index (χ2v) is 9.47. The van der Waals surface area contributed by atoms with Gasteiger partial charge in [0.15, 0.2) is 5.96 Å². The molecule has 2 aromatic rings. The number of carbonyl (C=O) groups is 1. The maximum absolute atomic E-state index is 12.1. The van der Waals surface area contributed by atoms with E-state index in [1.54, 1.807) is 19.0 Å². The van der Waals surface area contributed by atoms with Gasteiger partial charge in [0, 0.05) is 45.3 Å². The zero-order valence-corrected chi connectivity index (χ0v) is 19.9. The molecule has 0 saturated carbocycles. The summed E-state index contributed by atoms with van der Waals surface area (Å²) in [4.78, 5) is 21.0. The predicted octanol–water partition coefficient (Wildman–Crippen LogP) is 3.05. The predicted molar refractivity (Wildman–Crippen MR) is 134 cm³/mol. The number of rotatable bonds is 8.